The molecule has 0 saturated carbocycles. The highest BCUT2D eigenvalue weighted by Crippen LogP contribution is 2.37. The number of carbonyl (C=O) groups is 1. The van der Waals surface area contributed by atoms with Crippen molar-refractivity contribution in [3.63, 3.8) is 0 Å². The van der Waals surface area contributed by atoms with Gasteiger partial charge < -0.3 is 9.73 Å². The fraction of sp³-hybridized carbons (Fsp3) is 0.118. The third kappa shape index (κ3) is 3.51. The summed E-state index contributed by atoms with van der Waals surface area (Å²) in [5, 5.41) is 14.0. The molecule has 0 spiro atoms. The summed E-state index contributed by atoms with van der Waals surface area (Å²) in [5.74, 6) is -0.398. The molecule has 26 heavy (non-hydrogen) atoms. The van der Waals surface area contributed by atoms with Crippen LogP contribution in [-0.2, 0) is 6.18 Å². The van der Waals surface area contributed by atoms with Crippen molar-refractivity contribution >= 4 is 28.1 Å². The Balaban J connectivity index is 1.78. The third-order valence-electron chi connectivity index (χ3n) is 3.65. The SMILES string of the molecule is O=C(CNc1ccc([N+](=O)[O-])c(C(F)(F)F)c1)c1cc2ccccc2o1. The number of benzene rings is 2. The molecule has 0 amide bonds. The molecule has 134 valence electrons. The van der Waals surface area contributed by atoms with Crippen molar-refractivity contribution in [3.05, 3.63) is 70.0 Å². The third-order valence-corrected chi connectivity index (χ3v) is 3.65. The Morgan fingerprint density at radius 3 is 2.54 bits per heavy atom. The van der Waals surface area contributed by atoms with E-state index < -0.39 is 28.1 Å². The van der Waals surface area contributed by atoms with E-state index in [4.69, 9.17) is 4.42 Å². The maximum absolute atomic E-state index is 13.0. The predicted octanol–water partition coefficient (Wildman–Crippen LogP) is 4.65. The normalized spacial score (nSPS) is 11.5. The average Bonchev–Trinajstić information content (AvgIpc) is 3.02. The first kappa shape index (κ1) is 17.5. The molecule has 1 N–H and O–H groups in total. The van der Waals surface area contributed by atoms with Gasteiger partial charge in [0.15, 0.2) is 5.76 Å². The number of nitrogens with zero attached hydrogens (tertiary/aromatic N) is 1. The van der Waals surface area contributed by atoms with E-state index >= 15 is 0 Å². The minimum atomic E-state index is -4.89. The lowest BCUT2D eigenvalue weighted by atomic mass is 10.1. The number of nitro groups is 1. The van der Waals surface area contributed by atoms with Crippen molar-refractivity contribution in [1.29, 1.82) is 0 Å². The summed E-state index contributed by atoms with van der Waals surface area (Å²) >= 11 is 0. The van der Waals surface area contributed by atoms with Crippen molar-refractivity contribution < 1.29 is 27.3 Å². The fourth-order valence-electron chi connectivity index (χ4n) is 2.42. The van der Waals surface area contributed by atoms with E-state index in [0.29, 0.717) is 11.6 Å². The molecule has 0 radical (unpaired) electrons. The number of nitrogens with one attached hydrogen (secondary N) is 1. The Hall–Kier alpha value is -3.36. The van der Waals surface area contributed by atoms with Crippen molar-refractivity contribution in [2.45, 2.75) is 6.18 Å². The van der Waals surface area contributed by atoms with E-state index in [1.807, 2.05) is 0 Å². The van der Waals surface area contributed by atoms with E-state index in [1.165, 1.54) is 6.07 Å². The Labute approximate surface area is 144 Å². The van der Waals surface area contributed by atoms with E-state index in [2.05, 4.69) is 5.32 Å². The molecule has 0 aliphatic heterocycles. The zero-order chi connectivity index (χ0) is 18.9. The van der Waals surface area contributed by atoms with Crippen LogP contribution >= 0.6 is 0 Å². The van der Waals surface area contributed by atoms with Crippen LogP contribution in [0.5, 0.6) is 0 Å². The molecular formula is C17H11F3N2O4. The number of halogens is 3. The summed E-state index contributed by atoms with van der Waals surface area (Å²) in [5.41, 5.74) is -1.98. The largest absolute Gasteiger partial charge is 0.453 e. The van der Waals surface area contributed by atoms with Gasteiger partial charge in [-0.1, -0.05) is 18.2 Å². The topological polar surface area (TPSA) is 85.4 Å². The molecule has 0 saturated heterocycles. The van der Waals surface area contributed by atoms with Crippen LogP contribution in [0.15, 0.2) is 52.9 Å². The van der Waals surface area contributed by atoms with Crippen LogP contribution in [0.25, 0.3) is 11.0 Å². The zero-order valence-corrected chi connectivity index (χ0v) is 13.0. The molecule has 0 unspecified atom stereocenters. The number of para-hydroxylation sites is 1. The number of carbonyl (C=O) groups excluding carboxylic acids is 1. The maximum atomic E-state index is 13.0. The van der Waals surface area contributed by atoms with E-state index in [0.717, 1.165) is 17.5 Å². The van der Waals surface area contributed by atoms with Gasteiger partial charge in [-0.05, 0) is 24.3 Å². The minimum absolute atomic E-state index is 0.0626. The number of fused-ring (bicyclic) bond motifs is 1. The summed E-state index contributed by atoms with van der Waals surface area (Å²) in [4.78, 5) is 21.8. The molecule has 1 aromatic heterocycles. The highest BCUT2D eigenvalue weighted by molar-refractivity contribution is 6.00. The number of hydrogen-bond donors (Lipinski definition) is 1. The van der Waals surface area contributed by atoms with Gasteiger partial charge in [0.2, 0.25) is 5.78 Å². The van der Waals surface area contributed by atoms with Crippen LogP contribution < -0.4 is 5.32 Å². The second kappa shape index (κ2) is 6.51. The smallest absolute Gasteiger partial charge is 0.423 e. The lowest BCUT2D eigenvalue weighted by Crippen LogP contribution is -2.15. The summed E-state index contributed by atoms with van der Waals surface area (Å²) in [7, 11) is 0. The van der Waals surface area contributed by atoms with Crippen LogP contribution in [0.4, 0.5) is 24.5 Å². The second-order valence-corrected chi connectivity index (χ2v) is 5.41. The van der Waals surface area contributed by atoms with Gasteiger partial charge in [-0.25, -0.2) is 0 Å². The Morgan fingerprint density at radius 2 is 1.88 bits per heavy atom. The zero-order valence-electron chi connectivity index (χ0n) is 13.0. The first-order valence-corrected chi connectivity index (χ1v) is 7.37. The quantitative estimate of drug-likeness (QED) is 0.404. The number of rotatable bonds is 5. The average molecular weight is 364 g/mol. The van der Waals surface area contributed by atoms with Gasteiger partial charge in [0.05, 0.1) is 11.5 Å². The summed E-state index contributed by atoms with van der Waals surface area (Å²) in [6, 6.07) is 11.0. The number of nitro benzene ring substituents is 1. The minimum Gasteiger partial charge on any atom is -0.453 e. The van der Waals surface area contributed by atoms with Gasteiger partial charge in [-0.2, -0.15) is 13.2 Å². The molecular weight excluding hydrogens is 353 g/mol. The predicted molar refractivity (Wildman–Crippen MR) is 87.1 cm³/mol. The van der Waals surface area contributed by atoms with Gasteiger partial charge in [-0.3, -0.25) is 14.9 Å². The van der Waals surface area contributed by atoms with Gasteiger partial charge in [0.1, 0.15) is 11.1 Å². The number of furan rings is 1. The van der Waals surface area contributed by atoms with Crippen LogP contribution in [0.1, 0.15) is 16.1 Å². The highest BCUT2D eigenvalue weighted by Gasteiger charge is 2.38. The Morgan fingerprint density at radius 1 is 1.15 bits per heavy atom. The molecule has 0 fully saturated rings. The van der Waals surface area contributed by atoms with Gasteiger partial charge in [0, 0.05) is 17.1 Å². The van der Waals surface area contributed by atoms with Crippen molar-refractivity contribution in [3.8, 4) is 0 Å². The molecule has 0 bridgehead atoms. The van der Waals surface area contributed by atoms with Gasteiger partial charge in [-0.15, -0.1) is 0 Å². The number of ketones is 1. The summed E-state index contributed by atoms with van der Waals surface area (Å²) < 4.78 is 44.3. The lowest BCUT2D eigenvalue weighted by molar-refractivity contribution is -0.388. The summed E-state index contributed by atoms with van der Waals surface area (Å²) in [6.45, 7) is -0.324. The molecule has 3 rings (SSSR count). The molecule has 2 aromatic carbocycles. The van der Waals surface area contributed by atoms with Crippen molar-refractivity contribution in [1.82, 2.24) is 0 Å². The molecule has 1 heterocycles. The highest BCUT2D eigenvalue weighted by atomic mass is 19.4. The Bertz CT molecular complexity index is 962. The monoisotopic (exact) mass is 364 g/mol. The molecule has 0 aliphatic carbocycles. The second-order valence-electron chi connectivity index (χ2n) is 5.41. The first-order valence-electron chi connectivity index (χ1n) is 7.37. The molecule has 3 aromatic rings. The van der Waals surface area contributed by atoms with Crippen LogP contribution in [-0.4, -0.2) is 17.3 Å². The van der Waals surface area contributed by atoms with Crippen molar-refractivity contribution in [2.24, 2.45) is 0 Å². The Kier molecular flexibility index (Phi) is 4.37. The number of Topliss-reactive ketones (excluding diaryl/α,β-unsaturated/α-hetero) is 1. The maximum Gasteiger partial charge on any atom is 0.423 e. The number of alkyl halides is 3. The number of hydrogen-bond acceptors (Lipinski definition) is 5. The molecule has 0 atom stereocenters. The number of anilines is 1. The molecule has 6 nitrogen and oxygen atoms in total. The van der Waals surface area contributed by atoms with E-state index in [9.17, 15) is 28.1 Å². The van der Waals surface area contributed by atoms with Crippen LogP contribution in [0.2, 0.25) is 0 Å². The standard InChI is InChI=1S/C17H11F3N2O4/c18-17(19,20)12-8-11(5-6-13(12)22(24)25)21-9-14(23)16-7-10-3-1-2-4-15(10)26-16/h1-8,21H,9H2. The first-order chi connectivity index (χ1) is 12.3. The van der Waals surface area contributed by atoms with Gasteiger partial charge in [0.25, 0.3) is 5.69 Å². The van der Waals surface area contributed by atoms with Crippen molar-refractivity contribution in [2.75, 3.05) is 11.9 Å². The van der Waals surface area contributed by atoms with Gasteiger partial charge >= 0.3 is 6.18 Å². The fourth-order valence-corrected chi connectivity index (χ4v) is 2.42. The van der Waals surface area contributed by atoms with Crippen LogP contribution in [0.3, 0.4) is 0 Å². The summed E-state index contributed by atoms with van der Waals surface area (Å²) in [6.07, 6.45) is -4.89. The lowest BCUT2D eigenvalue weighted by Gasteiger charge is -2.10. The molecule has 0 aliphatic rings. The van der Waals surface area contributed by atoms with Crippen LogP contribution in [0, 0.1) is 10.1 Å². The van der Waals surface area contributed by atoms with E-state index in [1.54, 1.807) is 24.3 Å². The van der Waals surface area contributed by atoms with E-state index in [-0.39, 0.29) is 18.0 Å². The molecule has 9 heteroatoms.